The van der Waals surface area contributed by atoms with Gasteiger partial charge in [0.15, 0.2) is 0 Å². The number of halogens is 1. The van der Waals surface area contributed by atoms with Crippen LogP contribution in [0.25, 0.3) is 0 Å². The van der Waals surface area contributed by atoms with E-state index < -0.39 is 0 Å². The highest BCUT2D eigenvalue weighted by molar-refractivity contribution is 7.09. The van der Waals surface area contributed by atoms with Crippen molar-refractivity contribution in [2.24, 2.45) is 0 Å². The SMILES string of the molecule is COc1ccc(Cl)cc1NC(=O)CN(C)CC(=O)N(C)Cc1cccs1. The number of methoxy groups -OCH3 is 1. The van der Waals surface area contributed by atoms with Gasteiger partial charge in [0, 0.05) is 16.9 Å². The number of carbonyl (C=O) groups is 2. The Hall–Kier alpha value is -2.09. The summed E-state index contributed by atoms with van der Waals surface area (Å²) in [5.41, 5.74) is 0.500. The number of hydrogen-bond donors (Lipinski definition) is 1. The second-order valence-corrected chi connectivity index (χ2v) is 7.36. The zero-order valence-electron chi connectivity index (χ0n) is 15.0. The molecule has 2 aromatic rings. The molecule has 0 aliphatic rings. The van der Waals surface area contributed by atoms with Crippen LogP contribution in [0, 0.1) is 0 Å². The van der Waals surface area contributed by atoms with E-state index in [9.17, 15) is 9.59 Å². The first kappa shape index (κ1) is 20.2. The molecular formula is C18H22ClN3O3S. The maximum atomic E-state index is 12.3. The molecule has 140 valence electrons. The largest absolute Gasteiger partial charge is 0.495 e. The van der Waals surface area contributed by atoms with E-state index in [-0.39, 0.29) is 24.9 Å². The lowest BCUT2D eigenvalue weighted by Crippen LogP contribution is -2.39. The summed E-state index contributed by atoms with van der Waals surface area (Å²) >= 11 is 7.57. The second-order valence-electron chi connectivity index (χ2n) is 5.89. The van der Waals surface area contributed by atoms with Crippen molar-refractivity contribution in [2.75, 3.05) is 39.6 Å². The summed E-state index contributed by atoms with van der Waals surface area (Å²) in [5, 5.41) is 5.24. The van der Waals surface area contributed by atoms with Crippen LogP contribution in [-0.2, 0) is 16.1 Å². The fraction of sp³-hybridized carbons (Fsp3) is 0.333. The van der Waals surface area contributed by atoms with Crippen LogP contribution in [0.15, 0.2) is 35.7 Å². The summed E-state index contributed by atoms with van der Waals surface area (Å²) in [6.45, 7) is 0.798. The molecule has 0 spiro atoms. The molecule has 0 bridgehead atoms. The molecule has 2 rings (SSSR count). The van der Waals surface area contributed by atoms with Gasteiger partial charge < -0.3 is 15.0 Å². The summed E-state index contributed by atoms with van der Waals surface area (Å²) in [5.74, 6) is 0.230. The number of benzene rings is 1. The first-order valence-electron chi connectivity index (χ1n) is 7.97. The van der Waals surface area contributed by atoms with Crippen molar-refractivity contribution in [3.63, 3.8) is 0 Å². The van der Waals surface area contributed by atoms with Crippen LogP contribution < -0.4 is 10.1 Å². The van der Waals surface area contributed by atoms with Gasteiger partial charge in [-0.1, -0.05) is 17.7 Å². The Morgan fingerprint density at radius 1 is 1.23 bits per heavy atom. The molecule has 0 aliphatic heterocycles. The molecule has 1 heterocycles. The minimum absolute atomic E-state index is 0.0472. The lowest BCUT2D eigenvalue weighted by Gasteiger charge is -2.21. The fourth-order valence-electron chi connectivity index (χ4n) is 2.34. The minimum Gasteiger partial charge on any atom is -0.495 e. The summed E-state index contributed by atoms with van der Waals surface area (Å²) in [6.07, 6.45) is 0. The summed E-state index contributed by atoms with van der Waals surface area (Å²) in [4.78, 5) is 29.0. The van der Waals surface area contributed by atoms with Gasteiger partial charge in [0.25, 0.3) is 0 Å². The number of amides is 2. The number of likely N-dealkylation sites (N-methyl/N-ethyl adjacent to an activating group) is 2. The summed E-state index contributed by atoms with van der Waals surface area (Å²) in [7, 11) is 5.01. The highest BCUT2D eigenvalue weighted by Gasteiger charge is 2.16. The zero-order chi connectivity index (χ0) is 19.1. The maximum Gasteiger partial charge on any atom is 0.238 e. The van der Waals surface area contributed by atoms with Crippen molar-refractivity contribution in [1.29, 1.82) is 0 Å². The van der Waals surface area contributed by atoms with Gasteiger partial charge in [0.1, 0.15) is 5.75 Å². The molecule has 0 aliphatic carbocycles. The molecular weight excluding hydrogens is 374 g/mol. The topological polar surface area (TPSA) is 61.9 Å². The Morgan fingerprint density at radius 3 is 2.65 bits per heavy atom. The van der Waals surface area contributed by atoms with Crippen molar-refractivity contribution < 1.29 is 14.3 Å². The first-order valence-corrected chi connectivity index (χ1v) is 9.23. The van der Waals surface area contributed by atoms with Gasteiger partial charge in [-0.25, -0.2) is 0 Å². The smallest absolute Gasteiger partial charge is 0.238 e. The Kier molecular flexibility index (Phi) is 7.44. The van der Waals surface area contributed by atoms with Crippen LogP contribution in [-0.4, -0.2) is 55.9 Å². The van der Waals surface area contributed by atoms with Crippen LogP contribution in [0.5, 0.6) is 5.75 Å². The Balaban J connectivity index is 1.85. The predicted octanol–water partition coefficient (Wildman–Crippen LogP) is 2.94. The van der Waals surface area contributed by atoms with Crippen molar-refractivity contribution in [2.45, 2.75) is 6.54 Å². The molecule has 1 N–H and O–H groups in total. The molecule has 0 fully saturated rings. The Morgan fingerprint density at radius 2 is 2.00 bits per heavy atom. The van der Waals surface area contributed by atoms with E-state index in [1.807, 2.05) is 17.5 Å². The second kappa shape index (κ2) is 9.56. The molecule has 6 nitrogen and oxygen atoms in total. The third kappa shape index (κ3) is 6.01. The fourth-order valence-corrected chi connectivity index (χ4v) is 3.27. The van der Waals surface area contributed by atoms with Crippen LogP contribution in [0.4, 0.5) is 5.69 Å². The highest BCUT2D eigenvalue weighted by atomic mass is 35.5. The zero-order valence-corrected chi connectivity index (χ0v) is 16.6. The number of carbonyl (C=O) groups excluding carboxylic acids is 2. The number of rotatable bonds is 8. The summed E-state index contributed by atoms with van der Waals surface area (Å²) in [6, 6.07) is 8.94. The molecule has 0 radical (unpaired) electrons. The Bertz CT molecular complexity index is 752. The van der Waals surface area contributed by atoms with Crippen molar-refractivity contribution in [1.82, 2.24) is 9.80 Å². The normalized spacial score (nSPS) is 10.7. The average Bonchev–Trinajstić information content (AvgIpc) is 3.07. The third-order valence-corrected chi connectivity index (χ3v) is 4.75. The molecule has 0 saturated heterocycles. The predicted molar refractivity (Wildman–Crippen MR) is 105 cm³/mol. The van der Waals surface area contributed by atoms with Crippen molar-refractivity contribution in [3.05, 3.63) is 45.6 Å². The quantitative estimate of drug-likeness (QED) is 0.746. The maximum absolute atomic E-state index is 12.3. The van der Waals surface area contributed by atoms with Gasteiger partial charge in [0.2, 0.25) is 11.8 Å². The van der Waals surface area contributed by atoms with E-state index in [2.05, 4.69) is 5.32 Å². The number of ether oxygens (including phenoxy) is 1. The Labute approximate surface area is 162 Å². The highest BCUT2D eigenvalue weighted by Crippen LogP contribution is 2.27. The van der Waals surface area contributed by atoms with Gasteiger partial charge in [-0.15, -0.1) is 11.3 Å². The third-order valence-electron chi connectivity index (χ3n) is 3.65. The monoisotopic (exact) mass is 395 g/mol. The molecule has 0 saturated carbocycles. The van der Waals surface area contributed by atoms with Crippen LogP contribution >= 0.6 is 22.9 Å². The van der Waals surface area contributed by atoms with Crippen molar-refractivity contribution in [3.8, 4) is 5.75 Å². The van der Waals surface area contributed by atoms with E-state index >= 15 is 0 Å². The first-order chi connectivity index (χ1) is 12.4. The van der Waals surface area contributed by atoms with Gasteiger partial charge in [0.05, 0.1) is 32.4 Å². The van der Waals surface area contributed by atoms with E-state index in [1.54, 1.807) is 53.4 Å². The molecule has 1 aromatic heterocycles. The molecule has 8 heteroatoms. The number of anilines is 1. The van der Waals surface area contributed by atoms with E-state index in [1.165, 1.54) is 7.11 Å². The van der Waals surface area contributed by atoms with Gasteiger partial charge in [-0.2, -0.15) is 0 Å². The standard InChI is InChI=1S/C18H22ClN3O3S/c1-21(12-18(24)22(2)10-14-5-4-8-26-14)11-17(23)20-15-9-13(19)6-7-16(15)25-3/h4-9H,10-12H2,1-3H3,(H,20,23). The van der Waals surface area contributed by atoms with Crippen LogP contribution in [0.1, 0.15) is 4.88 Å². The lowest BCUT2D eigenvalue weighted by molar-refractivity contribution is -0.131. The summed E-state index contributed by atoms with van der Waals surface area (Å²) < 4.78 is 5.21. The number of nitrogens with one attached hydrogen (secondary N) is 1. The minimum atomic E-state index is -0.248. The van der Waals surface area contributed by atoms with Gasteiger partial charge in [-0.05, 0) is 36.7 Å². The van der Waals surface area contributed by atoms with Crippen LogP contribution in [0.2, 0.25) is 5.02 Å². The van der Waals surface area contributed by atoms with Crippen molar-refractivity contribution >= 4 is 40.4 Å². The molecule has 26 heavy (non-hydrogen) atoms. The molecule has 0 atom stereocenters. The molecule has 1 aromatic carbocycles. The number of nitrogens with zero attached hydrogens (tertiary/aromatic N) is 2. The number of hydrogen-bond acceptors (Lipinski definition) is 5. The van der Waals surface area contributed by atoms with Gasteiger partial charge in [-0.3, -0.25) is 14.5 Å². The van der Waals surface area contributed by atoms with E-state index in [0.717, 1.165) is 4.88 Å². The van der Waals surface area contributed by atoms with E-state index in [4.69, 9.17) is 16.3 Å². The molecule has 0 unspecified atom stereocenters. The van der Waals surface area contributed by atoms with E-state index in [0.29, 0.717) is 23.0 Å². The molecule has 2 amide bonds. The number of thiophene rings is 1. The van der Waals surface area contributed by atoms with Gasteiger partial charge >= 0.3 is 0 Å². The van der Waals surface area contributed by atoms with Crippen LogP contribution in [0.3, 0.4) is 0 Å². The average molecular weight is 396 g/mol. The lowest BCUT2D eigenvalue weighted by atomic mass is 10.3.